The lowest BCUT2D eigenvalue weighted by Crippen LogP contribution is -2.17. The molecule has 1 aromatic carbocycles. The number of benzene rings is 1. The Morgan fingerprint density at radius 3 is 2.75 bits per heavy atom. The van der Waals surface area contributed by atoms with Gasteiger partial charge in [-0.25, -0.2) is 4.98 Å². The number of hydrogen-bond donors (Lipinski definition) is 2. The molecular weight excluding hydrogens is 274 g/mol. The van der Waals surface area contributed by atoms with Gasteiger partial charge in [-0.15, -0.1) is 0 Å². The summed E-state index contributed by atoms with van der Waals surface area (Å²) in [5.74, 6) is -0.267. The smallest absolute Gasteiger partial charge is 0.274 e. The molecule has 1 amide bonds. The van der Waals surface area contributed by atoms with Gasteiger partial charge in [0.05, 0.1) is 0 Å². The second-order valence-corrected chi connectivity index (χ2v) is 4.62. The van der Waals surface area contributed by atoms with Crippen LogP contribution in [0, 0.1) is 0 Å². The molecule has 0 aliphatic rings. The van der Waals surface area contributed by atoms with E-state index < -0.39 is 0 Å². The number of rotatable bonds is 5. The summed E-state index contributed by atoms with van der Waals surface area (Å²) in [6, 6.07) is 12.6. The highest BCUT2D eigenvalue weighted by Crippen LogP contribution is 2.16. The summed E-state index contributed by atoms with van der Waals surface area (Å²) in [7, 11) is 0. The molecule has 0 saturated carbocycles. The minimum Gasteiger partial charge on any atom is -0.320 e. The Balaban J connectivity index is 2.15. The molecule has 2 N–H and O–H groups in total. The summed E-state index contributed by atoms with van der Waals surface area (Å²) in [6.45, 7) is 3.62. The number of hydrogen-bond acceptors (Lipinski definition) is 3. The van der Waals surface area contributed by atoms with Crippen molar-refractivity contribution in [3.05, 3.63) is 58.9 Å². The zero-order valence-corrected chi connectivity index (χ0v) is 11.9. The van der Waals surface area contributed by atoms with Crippen LogP contribution in [0.2, 0.25) is 5.15 Å². The highest BCUT2D eigenvalue weighted by Gasteiger charge is 2.10. The molecule has 1 heterocycles. The molecule has 0 saturated heterocycles. The second kappa shape index (κ2) is 7.03. The van der Waals surface area contributed by atoms with Crippen molar-refractivity contribution >= 4 is 23.2 Å². The lowest BCUT2D eigenvalue weighted by Gasteiger charge is -2.11. The summed E-state index contributed by atoms with van der Waals surface area (Å²) in [5, 5.41) is 6.41. The number of pyridine rings is 1. The number of nitrogens with zero attached hydrogens (tertiary/aromatic N) is 1. The van der Waals surface area contributed by atoms with Crippen molar-refractivity contribution in [1.29, 1.82) is 0 Å². The van der Waals surface area contributed by atoms with Crippen LogP contribution in [-0.4, -0.2) is 17.4 Å². The molecule has 2 rings (SSSR count). The van der Waals surface area contributed by atoms with Gasteiger partial charge in [-0.2, -0.15) is 0 Å². The normalized spacial score (nSPS) is 10.3. The van der Waals surface area contributed by atoms with E-state index in [-0.39, 0.29) is 5.91 Å². The summed E-state index contributed by atoms with van der Waals surface area (Å²) >= 11 is 5.79. The molecule has 0 aliphatic heterocycles. The van der Waals surface area contributed by atoms with Gasteiger partial charge in [0.15, 0.2) is 0 Å². The molecule has 20 heavy (non-hydrogen) atoms. The van der Waals surface area contributed by atoms with Crippen LogP contribution in [0.3, 0.4) is 0 Å². The second-order valence-electron chi connectivity index (χ2n) is 4.24. The molecule has 5 heteroatoms. The molecule has 0 bridgehead atoms. The summed E-state index contributed by atoms with van der Waals surface area (Å²) in [6.07, 6.45) is 0. The minimum atomic E-state index is -0.267. The minimum absolute atomic E-state index is 0.267. The van der Waals surface area contributed by atoms with Crippen molar-refractivity contribution in [3.8, 4) is 0 Å². The maximum absolute atomic E-state index is 12.1. The zero-order chi connectivity index (χ0) is 14.4. The third-order valence-electron chi connectivity index (χ3n) is 2.78. The number of aromatic nitrogens is 1. The first-order chi connectivity index (χ1) is 9.70. The molecule has 0 spiro atoms. The van der Waals surface area contributed by atoms with Gasteiger partial charge in [-0.3, -0.25) is 4.79 Å². The van der Waals surface area contributed by atoms with Gasteiger partial charge >= 0.3 is 0 Å². The molecule has 2 aromatic rings. The number of halogens is 1. The molecule has 0 atom stereocenters. The van der Waals surface area contributed by atoms with Crippen LogP contribution < -0.4 is 10.6 Å². The number of amides is 1. The highest BCUT2D eigenvalue weighted by molar-refractivity contribution is 6.29. The maximum Gasteiger partial charge on any atom is 0.274 e. The predicted molar refractivity (Wildman–Crippen MR) is 81.0 cm³/mol. The monoisotopic (exact) mass is 289 g/mol. The van der Waals surface area contributed by atoms with Crippen molar-refractivity contribution in [3.63, 3.8) is 0 Å². The van der Waals surface area contributed by atoms with Gasteiger partial charge in [0, 0.05) is 12.2 Å². The van der Waals surface area contributed by atoms with Crippen molar-refractivity contribution in [1.82, 2.24) is 10.3 Å². The Kier molecular flexibility index (Phi) is 5.09. The summed E-state index contributed by atoms with van der Waals surface area (Å²) < 4.78 is 0. The number of carbonyl (C=O) groups is 1. The Hall–Kier alpha value is -1.91. The van der Waals surface area contributed by atoms with Crippen molar-refractivity contribution in [2.24, 2.45) is 0 Å². The van der Waals surface area contributed by atoms with Gasteiger partial charge in [0.1, 0.15) is 10.8 Å². The largest absolute Gasteiger partial charge is 0.320 e. The molecule has 0 fully saturated rings. The Morgan fingerprint density at radius 2 is 2.00 bits per heavy atom. The van der Waals surface area contributed by atoms with E-state index in [1.54, 1.807) is 18.2 Å². The van der Waals surface area contributed by atoms with Crippen molar-refractivity contribution in [2.45, 2.75) is 13.5 Å². The van der Waals surface area contributed by atoms with Crippen LogP contribution in [0.5, 0.6) is 0 Å². The molecular formula is C15H16ClN3O. The number of para-hydroxylation sites is 1. The Morgan fingerprint density at radius 1 is 1.20 bits per heavy atom. The summed E-state index contributed by atoms with van der Waals surface area (Å²) in [5.41, 5.74) is 2.11. The van der Waals surface area contributed by atoms with Crippen LogP contribution in [0.15, 0.2) is 42.5 Å². The molecule has 0 aliphatic carbocycles. The van der Waals surface area contributed by atoms with E-state index in [0.717, 1.165) is 17.8 Å². The average molecular weight is 290 g/mol. The van der Waals surface area contributed by atoms with E-state index in [4.69, 9.17) is 11.6 Å². The lowest BCUT2D eigenvalue weighted by atomic mass is 10.1. The third kappa shape index (κ3) is 3.79. The third-order valence-corrected chi connectivity index (χ3v) is 2.99. The molecule has 0 radical (unpaired) electrons. The standard InChI is InChI=1S/C15H16ClN3O/c1-2-17-10-11-6-3-4-7-12(11)19-15(20)13-8-5-9-14(16)18-13/h3-9,17H,2,10H2,1H3,(H,19,20). The first-order valence-corrected chi connectivity index (χ1v) is 6.81. The number of anilines is 1. The van der Waals surface area contributed by atoms with Crippen LogP contribution in [0.4, 0.5) is 5.69 Å². The van der Waals surface area contributed by atoms with Crippen LogP contribution in [0.25, 0.3) is 0 Å². The van der Waals surface area contributed by atoms with Gasteiger partial charge in [-0.05, 0) is 30.3 Å². The first kappa shape index (κ1) is 14.5. The van der Waals surface area contributed by atoms with E-state index in [9.17, 15) is 4.79 Å². The van der Waals surface area contributed by atoms with Gasteiger partial charge in [0.25, 0.3) is 5.91 Å². The van der Waals surface area contributed by atoms with Crippen molar-refractivity contribution < 1.29 is 4.79 Å². The van der Waals surface area contributed by atoms with Crippen LogP contribution in [-0.2, 0) is 6.54 Å². The average Bonchev–Trinajstić information content (AvgIpc) is 2.46. The van der Waals surface area contributed by atoms with E-state index in [1.807, 2.05) is 31.2 Å². The fraction of sp³-hybridized carbons (Fsp3) is 0.200. The molecule has 104 valence electrons. The van der Waals surface area contributed by atoms with E-state index in [0.29, 0.717) is 17.4 Å². The summed E-state index contributed by atoms with van der Waals surface area (Å²) in [4.78, 5) is 16.1. The maximum atomic E-state index is 12.1. The quantitative estimate of drug-likeness (QED) is 0.832. The Labute approximate surface area is 123 Å². The van der Waals surface area contributed by atoms with Crippen LogP contribution >= 0.6 is 11.6 Å². The number of nitrogens with one attached hydrogen (secondary N) is 2. The zero-order valence-electron chi connectivity index (χ0n) is 11.2. The van der Waals surface area contributed by atoms with E-state index in [2.05, 4.69) is 15.6 Å². The SMILES string of the molecule is CCNCc1ccccc1NC(=O)c1cccc(Cl)n1. The Bertz CT molecular complexity index is 601. The van der Waals surface area contributed by atoms with Gasteiger partial charge in [-0.1, -0.05) is 42.8 Å². The molecule has 4 nitrogen and oxygen atoms in total. The highest BCUT2D eigenvalue weighted by atomic mass is 35.5. The van der Waals surface area contributed by atoms with Gasteiger partial charge in [0.2, 0.25) is 0 Å². The van der Waals surface area contributed by atoms with Crippen molar-refractivity contribution in [2.75, 3.05) is 11.9 Å². The first-order valence-electron chi connectivity index (χ1n) is 6.43. The van der Waals surface area contributed by atoms with E-state index >= 15 is 0 Å². The predicted octanol–water partition coefficient (Wildman–Crippen LogP) is 3.10. The lowest BCUT2D eigenvalue weighted by molar-refractivity contribution is 0.102. The number of carbonyl (C=O) groups excluding carboxylic acids is 1. The molecule has 0 unspecified atom stereocenters. The van der Waals surface area contributed by atoms with Crippen LogP contribution in [0.1, 0.15) is 23.0 Å². The fourth-order valence-corrected chi connectivity index (χ4v) is 1.94. The molecule has 1 aromatic heterocycles. The topological polar surface area (TPSA) is 54.0 Å². The fourth-order valence-electron chi connectivity index (χ4n) is 1.78. The van der Waals surface area contributed by atoms with E-state index in [1.165, 1.54) is 0 Å². The van der Waals surface area contributed by atoms with Gasteiger partial charge < -0.3 is 10.6 Å².